The second-order valence-corrected chi connectivity index (χ2v) is 8.07. The predicted octanol–water partition coefficient (Wildman–Crippen LogP) is 5.15. The average molecular weight is 402 g/mol. The predicted molar refractivity (Wildman–Crippen MR) is 111 cm³/mol. The van der Waals surface area contributed by atoms with E-state index in [9.17, 15) is 4.79 Å². The third-order valence-corrected chi connectivity index (χ3v) is 6.00. The molecule has 1 fully saturated rings. The molecule has 1 saturated heterocycles. The van der Waals surface area contributed by atoms with Gasteiger partial charge >= 0.3 is 0 Å². The van der Waals surface area contributed by atoms with Gasteiger partial charge in [-0.1, -0.05) is 48.3 Å². The fourth-order valence-corrected chi connectivity index (χ4v) is 3.89. The van der Waals surface area contributed by atoms with Gasteiger partial charge in [0.25, 0.3) is 5.91 Å². The number of piperidine rings is 1. The standard InChI is InChI=1S/C21H21Cl2N3O/c1-14-8-10-25(11-9-14)13-26-19-5-3-2-4-16(19)20(21(26)27)24-15-6-7-17(22)18(23)12-15/h2-7,12,14H,8-11,13H2,1H3. The molecule has 140 valence electrons. The Morgan fingerprint density at radius 3 is 2.56 bits per heavy atom. The van der Waals surface area contributed by atoms with Crippen molar-refractivity contribution in [1.82, 2.24) is 4.90 Å². The van der Waals surface area contributed by atoms with Crippen LogP contribution in [0.3, 0.4) is 0 Å². The minimum absolute atomic E-state index is 0.0686. The summed E-state index contributed by atoms with van der Waals surface area (Å²) in [7, 11) is 0. The molecule has 0 N–H and O–H groups in total. The zero-order chi connectivity index (χ0) is 19.0. The number of hydrogen-bond donors (Lipinski definition) is 0. The summed E-state index contributed by atoms with van der Waals surface area (Å²) < 4.78 is 0. The molecule has 4 rings (SSSR count). The number of nitrogens with zero attached hydrogens (tertiary/aromatic N) is 3. The summed E-state index contributed by atoms with van der Waals surface area (Å²) in [5.41, 5.74) is 2.85. The normalized spacial score (nSPS) is 19.7. The van der Waals surface area contributed by atoms with E-state index < -0.39 is 0 Å². The van der Waals surface area contributed by atoms with Gasteiger partial charge in [-0.25, -0.2) is 4.99 Å². The van der Waals surface area contributed by atoms with Gasteiger partial charge in [-0.15, -0.1) is 0 Å². The molecule has 2 aliphatic rings. The summed E-state index contributed by atoms with van der Waals surface area (Å²) in [4.78, 5) is 21.9. The highest BCUT2D eigenvalue weighted by Gasteiger charge is 2.35. The van der Waals surface area contributed by atoms with Crippen LogP contribution in [0, 0.1) is 5.92 Å². The number of rotatable bonds is 3. The maximum Gasteiger partial charge on any atom is 0.278 e. The van der Waals surface area contributed by atoms with Crippen LogP contribution >= 0.6 is 23.2 Å². The summed E-state index contributed by atoms with van der Waals surface area (Å²) in [6.07, 6.45) is 2.35. The van der Waals surface area contributed by atoms with Crippen molar-refractivity contribution >= 4 is 46.2 Å². The molecule has 2 heterocycles. The van der Waals surface area contributed by atoms with E-state index in [-0.39, 0.29) is 5.91 Å². The molecule has 4 nitrogen and oxygen atoms in total. The molecule has 2 aliphatic heterocycles. The highest BCUT2D eigenvalue weighted by molar-refractivity contribution is 6.54. The first-order valence-corrected chi connectivity index (χ1v) is 9.96. The van der Waals surface area contributed by atoms with Gasteiger partial charge in [0.05, 0.1) is 28.1 Å². The van der Waals surface area contributed by atoms with Crippen molar-refractivity contribution in [2.24, 2.45) is 10.9 Å². The fourth-order valence-electron chi connectivity index (χ4n) is 3.60. The Morgan fingerprint density at radius 2 is 1.81 bits per heavy atom. The molecule has 0 spiro atoms. The molecule has 2 aromatic rings. The molecular weight excluding hydrogens is 381 g/mol. The van der Waals surface area contributed by atoms with Gasteiger partial charge in [-0.05, 0) is 43.0 Å². The van der Waals surface area contributed by atoms with Crippen LogP contribution in [0.25, 0.3) is 0 Å². The highest BCUT2D eigenvalue weighted by Crippen LogP contribution is 2.33. The lowest BCUT2D eigenvalue weighted by atomic mass is 10.00. The quantitative estimate of drug-likeness (QED) is 0.712. The molecule has 2 aromatic carbocycles. The molecular formula is C21H21Cl2N3O. The van der Waals surface area contributed by atoms with Crippen LogP contribution in [0.15, 0.2) is 47.5 Å². The van der Waals surface area contributed by atoms with Gasteiger partial charge in [-0.3, -0.25) is 14.6 Å². The number of anilines is 1. The van der Waals surface area contributed by atoms with Crippen molar-refractivity contribution in [2.45, 2.75) is 19.8 Å². The van der Waals surface area contributed by atoms with E-state index in [1.54, 1.807) is 18.2 Å². The molecule has 0 saturated carbocycles. The van der Waals surface area contributed by atoms with Crippen molar-refractivity contribution in [1.29, 1.82) is 0 Å². The van der Waals surface area contributed by atoms with Crippen molar-refractivity contribution in [3.63, 3.8) is 0 Å². The summed E-state index contributed by atoms with van der Waals surface area (Å²) in [6.45, 7) is 4.93. The van der Waals surface area contributed by atoms with E-state index in [1.807, 2.05) is 29.2 Å². The lowest BCUT2D eigenvalue weighted by Crippen LogP contribution is -2.44. The van der Waals surface area contributed by atoms with E-state index in [4.69, 9.17) is 23.2 Å². The Balaban J connectivity index is 1.65. The zero-order valence-electron chi connectivity index (χ0n) is 15.2. The SMILES string of the molecule is CC1CCN(CN2C(=O)C(=Nc3ccc(Cl)c(Cl)c3)c3ccccc32)CC1. The van der Waals surface area contributed by atoms with Gasteiger partial charge in [-0.2, -0.15) is 0 Å². The first-order chi connectivity index (χ1) is 13.0. The molecule has 0 unspecified atom stereocenters. The van der Waals surface area contributed by atoms with Gasteiger partial charge in [0.2, 0.25) is 0 Å². The Kier molecular flexibility index (Phi) is 5.22. The number of para-hydroxylation sites is 1. The minimum atomic E-state index is -0.0686. The minimum Gasteiger partial charge on any atom is -0.293 e. The highest BCUT2D eigenvalue weighted by atomic mass is 35.5. The Hall–Kier alpha value is -1.88. The van der Waals surface area contributed by atoms with Crippen molar-refractivity contribution in [3.05, 3.63) is 58.1 Å². The van der Waals surface area contributed by atoms with E-state index in [0.29, 0.717) is 28.1 Å². The molecule has 0 bridgehead atoms. The van der Waals surface area contributed by atoms with Crippen LogP contribution < -0.4 is 4.90 Å². The first kappa shape index (κ1) is 18.5. The monoisotopic (exact) mass is 401 g/mol. The summed E-state index contributed by atoms with van der Waals surface area (Å²) in [5.74, 6) is 0.690. The molecule has 27 heavy (non-hydrogen) atoms. The Morgan fingerprint density at radius 1 is 1.07 bits per heavy atom. The van der Waals surface area contributed by atoms with Gasteiger partial charge in [0.15, 0.2) is 0 Å². The smallest absolute Gasteiger partial charge is 0.278 e. The summed E-state index contributed by atoms with van der Waals surface area (Å²) in [6, 6.07) is 13.0. The molecule has 0 atom stereocenters. The van der Waals surface area contributed by atoms with Crippen molar-refractivity contribution in [2.75, 3.05) is 24.7 Å². The van der Waals surface area contributed by atoms with E-state index in [2.05, 4.69) is 16.8 Å². The number of carbonyl (C=O) groups excluding carboxylic acids is 1. The lowest BCUT2D eigenvalue weighted by Gasteiger charge is -2.33. The largest absolute Gasteiger partial charge is 0.293 e. The molecule has 0 radical (unpaired) electrons. The zero-order valence-corrected chi connectivity index (χ0v) is 16.7. The summed E-state index contributed by atoms with van der Waals surface area (Å²) >= 11 is 12.1. The van der Waals surface area contributed by atoms with E-state index in [0.717, 1.165) is 30.3 Å². The molecule has 6 heteroatoms. The summed E-state index contributed by atoms with van der Waals surface area (Å²) in [5, 5.41) is 0.899. The number of halogens is 2. The third kappa shape index (κ3) is 3.75. The van der Waals surface area contributed by atoms with Crippen LogP contribution in [0.1, 0.15) is 25.3 Å². The molecule has 1 amide bonds. The number of hydrogen-bond acceptors (Lipinski definition) is 3. The molecule has 0 aliphatic carbocycles. The second kappa shape index (κ2) is 7.63. The van der Waals surface area contributed by atoms with Crippen LogP contribution in [0.2, 0.25) is 10.0 Å². The third-order valence-electron chi connectivity index (χ3n) is 5.26. The number of carbonyl (C=O) groups is 1. The van der Waals surface area contributed by atoms with Gasteiger partial charge < -0.3 is 0 Å². The van der Waals surface area contributed by atoms with Gasteiger partial charge in [0.1, 0.15) is 5.71 Å². The maximum absolute atomic E-state index is 13.2. The number of aliphatic imine (C=N–C) groups is 1. The van der Waals surface area contributed by atoms with Crippen molar-refractivity contribution in [3.8, 4) is 0 Å². The van der Waals surface area contributed by atoms with E-state index >= 15 is 0 Å². The average Bonchev–Trinajstić information content (AvgIpc) is 2.92. The van der Waals surface area contributed by atoms with Crippen LogP contribution in [0.5, 0.6) is 0 Å². The van der Waals surface area contributed by atoms with Gasteiger partial charge in [0, 0.05) is 18.7 Å². The first-order valence-electron chi connectivity index (χ1n) is 9.20. The van der Waals surface area contributed by atoms with E-state index in [1.165, 1.54) is 12.8 Å². The molecule has 0 aromatic heterocycles. The number of benzene rings is 2. The number of fused-ring (bicyclic) bond motifs is 1. The second-order valence-electron chi connectivity index (χ2n) is 7.25. The lowest BCUT2D eigenvalue weighted by molar-refractivity contribution is -0.112. The van der Waals surface area contributed by atoms with Crippen LogP contribution in [-0.2, 0) is 4.79 Å². The fraction of sp³-hybridized carbons (Fsp3) is 0.333. The van der Waals surface area contributed by atoms with Crippen LogP contribution in [-0.4, -0.2) is 36.3 Å². The van der Waals surface area contributed by atoms with Crippen LogP contribution in [0.4, 0.5) is 11.4 Å². The number of likely N-dealkylation sites (tertiary alicyclic amines) is 1. The Bertz CT molecular complexity index is 904. The Labute approximate surface area is 169 Å². The number of amides is 1. The topological polar surface area (TPSA) is 35.9 Å². The maximum atomic E-state index is 13.2. The van der Waals surface area contributed by atoms with Crippen molar-refractivity contribution < 1.29 is 4.79 Å².